The molecule has 0 bridgehead atoms. The Morgan fingerprint density at radius 2 is 0.852 bits per heavy atom. The van der Waals surface area contributed by atoms with Crippen molar-refractivity contribution in [2.24, 2.45) is 15.8 Å². The maximum atomic E-state index is 4.66. The van der Waals surface area contributed by atoms with Gasteiger partial charge in [-0.1, -0.05) is 179 Å². The van der Waals surface area contributed by atoms with Gasteiger partial charge in [-0.05, 0) is 90.9 Å². The van der Waals surface area contributed by atoms with Crippen LogP contribution in [0.2, 0.25) is 0 Å². The zero-order valence-corrected chi connectivity index (χ0v) is 48.1. The summed E-state index contributed by atoms with van der Waals surface area (Å²) in [5.74, 6) is 0.871. The normalized spacial score (nSPS) is 13.3. The maximum absolute atomic E-state index is 4.66. The van der Waals surface area contributed by atoms with Crippen LogP contribution in [0.25, 0.3) is 0 Å². The molecule has 0 spiro atoms. The van der Waals surface area contributed by atoms with E-state index in [2.05, 4.69) is 228 Å². The van der Waals surface area contributed by atoms with Crippen LogP contribution < -0.4 is 0 Å². The van der Waals surface area contributed by atoms with E-state index >= 15 is 0 Å². The third kappa shape index (κ3) is 20.0. The molecule has 0 saturated heterocycles. The fourth-order valence-electron chi connectivity index (χ4n) is 7.55. The van der Waals surface area contributed by atoms with Crippen molar-refractivity contribution in [3.8, 4) is 0 Å². The molecule has 0 N–H and O–H groups in total. The van der Waals surface area contributed by atoms with Gasteiger partial charge >= 0.3 is 18.6 Å². The predicted octanol–water partition coefficient (Wildman–Crippen LogP) is 18.0. The number of rotatable bonds is 1. The number of aliphatic imine (C=N–C) groups is 1. The van der Waals surface area contributed by atoms with E-state index in [4.69, 9.17) is 0 Å². The van der Waals surface area contributed by atoms with Gasteiger partial charge in [0.1, 0.15) is 5.82 Å². The molecule has 6 heteroatoms. The number of hydrogen-bond donors (Lipinski definition) is 0. The van der Waals surface area contributed by atoms with Crippen LogP contribution in [-0.4, -0.2) is 16.2 Å². The third-order valence-corrected chi connectivity index (χ3v) is 12.3. The molecule has 0 aliphatic heterocycles. The largest absolute Gasteiger partial charge is 2.00 e. The second-order valence-electron chi connectivity index (χ2n) is 24.8. The first kappa shape index (κ1) is 63.8. The summed E-state index contributed by atoms with van der Waals surface area (Å²) in [5.41, 5.74) is 12.1. The Morgan fingerprint density at radius 3 is 1.11 bits per heavy atom. The molecule has 0 saturated carbocycles. The van der Waals surface area contributed by atoms with Gasteiger partial charge in [-0.15, -0.1) is 29.6 Å². The smallest absolute Gasteiger partial charge is 0.574 e. The average Bonchev–Trinajstić information content (AvgIpc) is 3.45. The summed E-state index contributed by atoms with van der Waals surface area (Å²) < 4.78 is 0. The zero-order valence-electron chi connectivity index (χ0n) is 45.1. The van der Waals surface area contributed by atoms with Crippen LogP contribution in [0.3, 0.4) is 0 Å². The molecule has 0 unspecified atom stereocenters. The molecule has 61 heavy (non-hydrogen) atoms. The SMILES string of the molecule is C.C[C-]=NC(=[C-]C(C)(C)C)C(C)(C)C.Cc1nc(C)c(C(C)(C)C)c(C(C)(C)C)n1.Cc1sc(C(C)(C)C)c(C(C)(C)C)c1C.Cc1sc(C)c(C(C)(C)C)c1C(C)(C)C.[V+2]. The Kier molecular flexibility index (Phi) is 23.6. The molecule has 3 aromatic rings. The molecule has 0 aliphatic rings. The molecule has 3 aromatic heterocycles. The van der Waals surface area contributed by atoms with Gasteiger partial charge in [0.25, 0.3) is 0 Å². The van der Waals surface area contributed by atoms with Gasteiger partial charge in [0.2, 0.25) is 0 Å². The zero-order chi connectivity index (χ0) is 47.5. The van der Waals surface area contributed by atoms with E-state index in [0.717, 1.165) is 17.2 Å². The van der Waals surface area contributed by atoms with E-state index < -0.39 is 0 Å². The van der Waals surface area contributed by atoms with Crippen LogP contribution in [0, 0.1) is 58.4 Å². The van der Waals surface area contributed by atoms with Gasteiger partial charge in [-0.25, -0.2) is 9.97 Å². The van der Waals surface area contributed by atoms with E-state index in [1.807, 2.05) is 36.5 Å². The van der Waals surface area contributed by atoms with E-state index in [1.54, 1.807) is 21.6 Å². The quantitative estimate of drug-likeness (QED) is 0.180. The minimum Gasteiger partial charge on any atom is -0.574 e. The van der Waals surface area contributed by atoms with Crippen molar-refractivity contribution in [1.29, 1.82) is 0 Å². The Bertz CT molecular complexity index is 1820. The Hall–Kier alpha value is -1.53. The molecule has 0 aliphatic carbocycles. The second-order valence-corrected chi connectivity index (χ2v) is 27.5. The van der Waals surface area contributed by atoms with Crippen molar-refractivity contribution in [3.63, 3.8) is 0 Å². The number of allylic oxidation sites excluding steroid dienone is 2. The van der Waals surface area contributed by atoms with Gasteiger partial charge < -0.3 is 11.1 Å². The Labute approximate surface area is 401 Å². The summed E-state index contributed by atoms with van der Waals surface area (Å²) >= 11 is 3.92. The Morgan fingerprint density at radius 1 is 0.475 bits per heavy atom. The summed E-state index contributed by atoms with van der Waals surface area (Å²) in [5, 5.41) is 0. The monoisotopic (exact) mass is 915 g/mol. The van der Waals surface area contributed by atoms with Crippen LogP contribution in [0.5, 0.6) is 0 Å². The summed E-state index contributed by atoms with van der Waals surface area (Å²) in [6.07, 6.45) is 6.21. The molecule has 0 aromatic carbocycles. The van der Waals surface area contributed by atoms with Crippen molar-refractivity contribution in [1.82, 2.24) is 9.97 Å². The van der Waals surface area contributed by atoms with Gasteiger partial charge in [0.05, 0.1) is 5.69 Å². The minimum atomic E-state index is 0. The van der Waals surface area contributed by atoms with Crippen molar-refractivity contribution in [2.45, 2.75) is 255 Å². The maximum Gasteiger partial charge on any atom is 2.00 e. The number of aromatic nitrogens is 2. The van der Waals surface area contributed by atoms with Gasteiger partial charge in [0.15, 0.2) is 0 Å². The molecule has 0 amide bonds. The topological polar surface area (TPSA) is 38.1 Å². The summed E-state index contributed by atoms with van der Waals surface area (Å²) in [6.45, 7) is 68.8. The van der Waals surface area contributed by atoms with Crippen LogP contribution in [-0.2, 0) is 51.0 Å². The number of hydrogen-bond acceptors (Lipinski definition) is 5. The van der Waals surface area contributed by atoms with Crippen molar-refractivity contribution >= 4 is 28.9 Å². The van der Waals surface area contributed by atoms with Crippen LogP contribution in [0.4, 0.5) is 0 Å². The number of thiophene rings is 2. The molecule has 0 atom stereocenters. The first-order valence-corrected chi connectivity index (χ1v) is 23.5. The van der Waals surface area contributed by atoms with Crippen molar-refractivity contribution in [3.05, 3.63) is 76.3 Å². The average molecular weight is 915 g/mol. The predicted molar refractivity (Wildman–Crippen MR) is 277 cm³/mol. The first-order valence-electron chi connectivity index (χ1n) is 21.9. The van der Waals surface area contributed by atoms with E-state index in [1.165, 1.54) is 31.5 Å². The molecule has 0 fully saturated rings. The summed E-state index contributed by atoms with van der Waals surface area (Å²) in [7, 11) is 0. The van der Waals surface area contributed by atoms with Crippen LogP contribution in [0.15, 0.2) is 10.7 Å². The summed E-state index contributed by atoms with van der Waals surface area (Å²) in [6, 6.07) is 0. The van der Waals surface area contributed by atoms with Crippen molar-refractivity contribution in [2.75, 3.05) is 0 Å². The van der Waals surface area contributed by atoms with E-state index in [9.17, 15) is 0 Å². The molecule has 3 rings (SSSR count). The molecule has 1 radical (unpaired) electrons. The summed E-state index contributed by atoms with van der Waals surface area (Å²) in [4.78, 5) is 19.4. The molecular formula is C55H97N3S2V. The van der Waals surface area contributed by atoms with Gasteiger partial charge in [0, 0.05) is 36.2 Å². The fourth-order valence-corrected chi connectivity index (χ4v) is 10.5. The molecule has 349 valence electrons. The van der Waals surface area contributed by atoms with E-state index in [0.29, 0.717) is 0 Å². The minimum absolute atomic E-state index is 0. The third-order valence-electron chi connectivity index (χ3n) is 9.67. The number of aryl methyl sites for hydroxylation is 5. The molecule has 3 nitrogen and oxygen atoms in total. The second kappa shape index (κ2) is 22.6. The van der Waals surface area contributed by atoms with Gasteiger partial charge in [-0.3, -0.25) is 5.70 Å². The molecule has 3 heterocycles. The van der Waals surface area contributed by atoms with Crippen LogP contribution >= 0.6 is 22.7 Å². The van der Waals surface area contributed by atoms with E-state index in [-0.39, 0.29) is 69.3 Å². The standard InChI is InChI=1S/C14H24N2.2C14H24S.C12H21N.CH4.V/c1-9-11(13(3,4)5)12(14(6,7)8)16-10(2)15-9;1-9-11(13(3,4)5)12(10(2)15-9)14(6,7)8;1-9-10(2)15-12(14(6,7)8)11(9)13(3,4)5;1-8-13-10(12(5,6)7)9-11(2,3)4;;/h1-8H3;2*1-8H3;1-7H3;1H4;/q;;;-2;;+2. The van der Waals surface area contributed by atoms with Gasteiger partial charge in [-0.2, -0.15) is 11.6 Å². The Balaban J connectivity index is -0.000000729. The first-order chi connectivity index (χ1) is 25.8. The fraction of sp³-hybridized carbons (Fsp3) is 0.727. The van der Waals surface area contributed by atoms with Crippen LogP contribution in [0.1, 0.15) is 245 Å². The number of nitrogens with zero attached hydrogens (tertiary/aromatic N) is 3. The van der Waals surface area contributed by atoms with Crippen molar-refractivity contribution < 1.29 is 18.6 Å². The molecular weight excluding hydrogens is 818 g/mol.